The number of nitrogen functional groups attached to an aromatic ring is 1. The monoisotopic (exact) mass is 168 g/mol. The first-order valence-corrected chi connectivity index (χ1v) is 4.65. The van der Waals surface area contributed by atoms with Crippen LogP contribution in [-0.4, -0.2) is 10.7 Å². The molecule has 0 fully saturated rings. The van der Waals surface area contributed by atoms with Crippen LogP contribution in [0.4, 0.5) is 5.69 Å². The maximum absolute atomic E-state index is 5.68. The molecule has 0 saturated carbocycles. The van der Waals surface area contributed by atoms with Crippen molar-refractivity contribution in [1.82, 2.24) is 4.98 Å². The first-order chi connectivity index (χ1) is 5.34. The molecule has 0 radical (unpaired) electrons. The Morgan fingerprint density at radius 3 is 3.09 bits per heavy atom. The van der Waals surface area contributed by atoms with E-state index >= 15 is 0 Å². The lowest BCUT2D eigenvalue weighted by Gasteiger charge is -2.01. The van der Waals surface area contributed by atoms with Crippen LogP contribution in [0.3, 0.4) is 0 Å². The molecule has 2 nitrogen and oxygen atoms in total. The largest absolute Gasteiger partial charge is 0.397 e. The molecule has 0 aliphatic carbocycles. The van der Waals surface area contributed by atoms with Crippen molar-refractivity contribution >= 4 is 17.4 Å². The van der Waals surface area contributed by atoms with E-state index in [0.717, 1.165) is 16.3 Å². The van der Waals surface area contributed by atoms with Gasteiger partial charge in [0.25, 0.3) is 0 Å². The van der Waals surface area contributed by atoms with Gasteiger partial charge < -0.3 is 5.73 Å². The molecule has 0 atom stereocenters. The van der Waals surface area contributed by atoms with Crippen LogP contribution in [0.1, 0.15) is 13.3 Å². The first-order valence-electron chi connectivity index (χ1n) is 3.67. The number of anilines is 1. The lowest BCUT2D eigenvalue weighted by Crippen LogP contribution is -1.89. The van der Waals surface area contributed by atoms with E-state index in [1.54, 1.807) is 24.2 Å². The fourth-order valence-corrected chi connectivity index (χ4v) is 1.54. The third-order valence-corrected chi connectivity index (χ3v) is 2.57. The lowest BCUT2D eigenvalue weighted by atomic mass is 10.4. The number of thioether (sulfide) groups is 1. The van der Waals surface area contributed by atoms with Crippen molar-refractivity contribution < 1.29 is 0 Å². The predicted octanol–water partition coefficient (Wildman–Crippen LogP) is 2.17. The standard InChI is InChI=1S/C8H12N2S/c1-2-5-11-8-3-4-10-6-7(8)9/h3-4,6H,2,5,9H2,1H3. The van der Waals surface area contributed by atoms with Gasteiger partial charge in [0.05, 0.1) is 11.9 Å². The average Bonchev–Trinajstić information content (AvgIpc) is 2.03. The van der Waals surface area contributed by atoms with E-state index in [1.165, 1.54) is 6.42 Å². The number of aromatic nitrogens is 1. The van der Waals surface area contributed by atoms with Gasteiger partial charge in [0.1, 0.15) is 0 Å². The Hall–Kier alpha value is -0.700. The smallest absolute Gasteiger partial charge is 0.0638 e. The van der Waals surface area contributed by atoms with Crippen LogP contribution in [0, 0.1) is 0 Å². The second-order valence-corrected chi connectivity index (χ2v) is 3.40. The second-order valence-electron chi connectivity index (χ2n) is 2.26. The molecule has 1 heterocycles. The summed E-state index contributed by atoms with van der Waals surface area (Å²) in [5.74, 6) is 1.12. The fourth-order valence-electron chi connectivity index (χ4n) is 0.737. The van der Waals surface area contributed by atoms with Gasteiger partial charge in [0, 0.05) is 11.1 Å². The molecular formula is C8H12N2S. The number of hydrogen-bond acceptors (Lipinski definition) is 3. The molecule has 3 heteroatoms. The molecule has 11 heavy (non-hydrogen) atoms. The summed E-state index contributed by atoms with van der Waals surface area (Å²) < 4.78 is 0. The van der Waals surface area contributed by atoms with Crippen LogP contribution >= 0.6 is 11.8 Å². The maximum Gasteiger partial charge on any atom is 0.0638 e. The Balaban J connectivity index is 2.62. The van der Waals surface area contributed by atoms with Crippen LogP contribution < -0.4 is 5.73 Å². The van der Waals surface area contributed by atoms with E-state index in [-0.39, 0.29) is 0 Å². The van der Waals surface area contributed by atoms with Gasteiger partial charge >= 0.3 is 0 Å². The van der Waals surface area contributed by atoms with E-state index in [2.05, 4.69) is 11.9 Å². The molecule has 0 aliphatic rings. The highest BCUT2D eigenvalue weighted by Gasteiger charge is 1.96. The van der Waals surface area contributed by atoms with Gasteiger partial charge in [0.15, 0.2) is 0 Å². The molecule has 0 aromatic carbocycles. The maximum atomic E-state index is 5.68. The molecule has 0 amide bonds. The van der Waals surface area contributed by atoms with Gasteiger partial charge in [-0.05, 0) is 18.2 Å². The van der Waals surface area contributed by atoms with E-state index in [0.29, 0.717) is 0 Å². The highest BCUT2D eigenvalue weighted by atomic mass is 32.2. The Bertz CT molecular complexity index is 225. The summed E-state index contributed by atoms with van der Waals surface area (Å²) in [6.07, 6.45) is 4.64. The fraction of sp³-hybridized carbons (Fsp3) is 0.375. The molecule has 0 bridgehead atoms. The number of hydrogen-bond donors (Lipinski definition) is 1. The highest BCUT2D eigenvalue weighted by Crippen LogP contribution is 2.23. The summed E-state index contributed by atoms with van der Waals surface area (Å²) in [5, 5.41) is 0. The van der Waals surface area contributed by atoms with Gasteiger partial charge in [-0.15, -0.1) is 11.8 Å². The molecule has 0 unspecified atom stereocenters. The van der Waals surface area contributed by atoms with Gasteiger partial charge in [-0.3, -0.25) is 4.98 Å². The van der Waals surface area contributed by atoms with E-state index in [9.17, 15) is 0 Å². The average molecular weight is 168 g/mol. The van der Waals surface area contributed by atoms with E-state index in [4.69, 9.17) is 5.73 Å². The molecule has 2 N–H and O–H groups in total. The van der Waals surface area contributed by atoms with Crippen LogP contribution in [0.5, 0.6) is 0 Å². The third kappa shape index (κ3) is 2.42. The van der Waals surface area contributed by atoms with Crippen LogP contribution in [0.2, 0.25) is 0 Å². The summed E-state index contributed by atoms with van der Waals surface area (Å²) in [5.41, 5.74) is 6.46. The van der Waals surface area contributed by atoms with Crippen LogP contribution in [-0.2, 0) is 0 Å². The molecule has 0 aliphatic heterocycles. The SMILES string of the molecule is CCCSc1ccncc1N. The molecular weight excluding hydrogens is 156 g/mol. The predicted molar refractivity (Wildman–Crippen MR) is 49.7 cm³/mol. The minimum Gasteiger partial charge on any atom is -0.397 e. The summed E-state index contributed by atoms with van der Waals surface area (Å²) in [7, 11) is 0. The zero-order valence-corrected chi connectivity index (χ0v) is 7.40. The summed E-state index contributed by atoms with van der Waals surface area (Å²) in [4.78, 5) is 5.06. The molecule has 1 aromatic heterocycles. The molecule has 60 valence electrons. The Kier molecular flexibility index (Phi) is 3.23. The third-order valence-electron chi connectivity index (χ3n) is 1.27. The molecule has 0 spiro atoms. The minimum absolute atomic E-state index is 0.783. The quantitative estimate of drug-likeness (QED) is 0.703. The van der Waals surface area contributed by atoms with E-state index in [1.807, 2.05) is 6.07 Å². The van der Waals surface area contributed by atoms with Gasteiger partial charge in [-0.25, -0.2) is 0 Å². The topological polar surface area (TPSA) is 38.9 Å². The van der Waals surface area contributed by atoms with Crippen molar-refractivity contribution in [2.24, 2.45) is 0 Å². The van der Waals surface area contributed by atoms with Crippen molar-refractivity contribution in [3.63, 3.8) is 0 Å². The zero-order valence-electron chi connectivity index (χ0n) is 6.58. The van der Waals surface area contributed by atoms with Crippen molar-refractivity contribution in [3.8, 4) is 0 Å². The molecule has 1 rings (SSSR count). The Morgan fingerprint density at radius 2 is 2.45 bits per heavy atom. The summed E-state index contributed by atoms with van der Waals surface area (Å²) in [6, 6.07) is 1.95. The van der Waals surface area contributed by atoms with Gasteiger partial charge in [0.2, 0.25) is 0 Å². The highest BCUT2D eigenvalue weighted by molar-refractivity contribution is 7.99. The van der Waals surface area contributed by atoms with E-state index < -0.39 is 0 Å². The number of rotatable bonds is 3. The number of nitrogens with zero attached hydrogens (tertiary/aromatic N) is 1. The normalized spacial score (nSPS) is 9.91. The van der Waals surface area contributed by atoms with Gasteiger partial charge in [-0.1, -0.05) is 6.92 Å². The zero-order chi connectivity index (χ0) is 8.10. The van der Waals surface area contributed by atoms with Crippen molar-refractivity contribution in [2.75, 3.05) is 11.5 Å². The second kappa shape index (κ2) is 4.23. The molecule has 1 aromatic rings. The molecule has 0 saturated heterocycles. The first kappa shape index (κ1) is 8.40. The van der Waals surface area contributed by atoms with Crippen LogP contribution in [0.15, 0.2) is 23.4 Å². The van der Waals surface area contributed by atoms with Crippen molar-refractivity contribution in [1.29, 1.82) is 0 Å². The van der Waals surface area contributed by atoms with Crippen LogP contribution in [0.25, 0.3) is 0 Å². The lowest BCUT2D eigenvalue weighted by molar-refractivity contribution is 1.10. The Labute approximate surface area is 71.2 Å². The van der Waals surface area contributed by atoms with Crippen molar-refractivity contribution in [2.45, 2.75) is 18.2 Å². The van der Waals surface area contributed by atoms with Crippen molar-refractivity contribution in [3.05, 3.63) is 18.5 Å². The Morgan fingerprint density at radius 1 is 1.64 bits per heavy atom. The number of pyridine rings is 1. The number of nitrogens with two attached hydrogens (primary N) is 1. The minimum atomic E-state index is 0.783. The summed E-state index contributed by atoms with van der Waals surface area (Å²) in [6.45, 7) is 2.16. The van der Waals surface area contributed by atoms with Gasteiger partial charge in [-0.2, -0.15) is 0 Å². The summed E-state index contributed by atoms with van der Waals surface area (Å²) >= 11 is 1.78.